The minimum Gasteiger partial charge on any atom is -0.377 e. The van der Waals surface area contributed by atoms with Crippen molar-refractivity contribution in [2.45, 2.75) is 40.5 Å². The Morgan fingerprint density at radius 1 is 1.15 bits per heavy atom. The number of aromatic nitrogens is 2. The number of H-pyrrole nitrogens is 1. The molecular formula is C16H23N3O. The molecule has 0 saturated carbocycles. The third-order valence-electron chi connectivity index (χ3n) is 3.48. The first-order chi connectivity index (χ1) is 9.72. The predicted molar refractivity (Wildman–Crippen MR) is 80.4 cm³/mol. The van der Waals surface area contributed by atoms with E-state index in [0.29, 0.717) is 6.61 Å². The lowest BCUT2D eigenvalue weighted by molar-refractivity contribution is 0.133. The van der Waals surface area contributed by atoms with E-state index < -0.39 is 0 Å². The second-order valence-corrected chi connectivity index (χ2v) is 4.92. The Hall–Kier alpha value is -1.65. The number of benzene rings is 1. The van der Waals surface area contributed by atoms with E-state index in [1.165, 1.54) is 16.7 Å². The highest BCUT2D eigenvalue weighted by molar-refractivity contribution is 5.27. The van der Waals surface area contributed by atoms with Gasteiger partial charge in [-0.3, -0.25) is 5.10 Å². The SMILES string of the molecule is CCOCc1ccccc1CNCc1c(C)n[nH]c1C. The Morgan fingerprint density at radius 3 is 2.55 bits per heavy atom. The monoisotopic (exact) mass is 273 g/mol. The smallest absolute Gasteiger partial charge is 0.0719 e. The average molecular weight is 273 g/mol. The van der Waals surface area contributed by atoms with Crippen LogP contribution in [0, 0.1) is 13.8 Å². The number of nitrogens with one attached hydrogen (secondary N) is 2. The minimum absolute atomic E-state index is 0.679. The summed E-state index contributed by atoms with van der Waals surface area (Å²) in [6, 6.07) is 8.40. The summed E-state index contributed by atoms with van der Waals surface area (Å²) in [5, 5.41) is 10.7. The van der Waals surface area contributed by atoms with Gasteiger partial charge in [0.2, 0.25) is 0 Å². The van der Waals surface area contributed by atoms with Crippen LogP contribution in [-0.4, -0.2) is 16.8 Å². The third-order valence-corrected chi connectivity index (χ3v) is 3.48. The van der Waals surface area contributed by atoms with Crippen molar-refractivity contribution in [1.29, 1.82) is 0 Å². The fourth-order valence-electron chi connectivity index (χ4n) is 2.24. The molecular weight excluding hydrogens is 250 g/mol. The van der Waals surface area contributed by atoms with Gasteiger partial charge in [-0.15, -0.1) is 0 Å². The number of hydrogen-bond donors (Lipinski definition) is 2. The van der Waals surface area contributed by atoms with Gasteiger partial charge < -0.3 is 10.1 Å². The molecule has 2 N–H and O–H groups in total. The molecule has 0 unspecified atom stereocenters. The Balaban J connectivity index is 1.94. The zero-order chi connectivity index (χ0) is 14.4. The lowest BCUT2D eigenvalue weighted by Gasteiger charge is -2.11. The van der Waals surface area contributed by atoms with Crippen molar-refractivity contribution in [2.75, 3.05) is 6.61 Å². The normalized spacial score (nSPS) is 10.9. The highest BCUT2D eigenvalue weighted by Gasteiger charge is 2.06. The van der Waals surface area contributed by atoms with Crippen molar-refractivity contribution in [1.82, 2.24) is 15.5 Å². The molecule has 0 bridgehead atoms. The zero-order valence-electron chi connectivity index (χ0n) is 12.5. The van der Waals surface area contributed by atoms with Crippen LogP contribution in [0.1, 0.15) is 35.0 Å². The average Bonchev–Trinajstić information content (AvgIpc) is 2.78. The van der Waals surface area contributed by atoms with Crippen molar-refractivity contribution in [2.24, 2.45) is 0 Å². The van der Waals surface area contributed by atoms with Gasteiger partial charge in [-0.25, -0.2) is 0 Å². The van der Waals surface area contributed by atoms with Crippen LogP contribution in [0.15, 0.2) is 24.3 Å². The second-order valence-electron chi connectivity index (χ2n) is 4.92. The van der Waals surface area contributed by atoms with E-state index >= 15 is 0 Å². The molecule has 4 nitrogen and oxygen atoms in total. The van der Waals surface area contributed by atoms with Gasteiger partial charge >= 0.3 is 0 Å². The number of hydrogen-bond acceptors (Lipinski definition) is 3. The summed E-state index contributed by atoms with van der Waals surface area (Å²) in [5.41, 5.74) is 6.00. The highest BCUT2D eigenvalue weighted by atomic mass is 16.5. The van der Waals surface area contributed by atoms with Crippen LogP contribution in [0.5, 0.6) is 0 Å². The molecule has 1 aromatic heterocycles. The summed E-state index contributed by atoms with van der Waals surface area (Å²) in [6.45, 7) is 9.20. The quantitative estimate of drug-likeness (QED) is 0.815. The highest BCUT2D eigenvalue weighted by Crippen LogP contribution is 2.12. The van der Waals surface area contributed by atoms with Gasteiger partial charge in [0, 0.05) is 31.0 Å². The Labute approximate surface area is 120 Å². The van der Waals surface area contributed by atoms with Crippen molar-refractivity contribution in [3.05, 3.63) is 52.3 Å². The molecule has 2 aromatic rings. The van der Waals surface area contributed by atoms with E-state index in [9.17, 15) is 0 Å². The van der Waals surface area contributed by atoms with Crippen molar-refractivity contribution in [3.8, 4) is 0 Å². The fraction of sp³-hybridized carbons (Fsp3) is 0.438. The molecule has 0 fully saturated rings. The molecule has 2 rings (SSSR count). The van der Waals surface area contributed by atoms with E-state index in [1.807, 2.05) is 13.8 Å². The Bertz CT molecular complexity index is 529. The van der Waals surface area contributed by atoms with Gasteiger partial charge in [0.1, 0.15) is 0 Å². The Kier molecular flexibility index (Phi) is 5.32. The molecule has 0 spiro atoms. The van der Waals surface area contributed by atoms with Gasteiger partial charge in [-0.1, -0.05) is 24.3 Å². The Morgan fingerprint density at radius 2 is 1.90 bits per heavy atom. The van der Waals surface area contributed by atoms with Crippen LogP contribution in [-0.2, 0) is 24.4 Å². The zero-order valence-corrected chi connectivity index (χ0v) is 12.5. The molecule has 20 heavy (non-hydrogen) atoms. The topological polar surface area (TPSA) is 49.9 Å². The van der Waals surface area contributed by atoms with E-state index in [1.54, 1.807) is 0 Å². The van der Waals surface area contributed by atoms with Crippen molar-refractivity contribution >= 4 is 0 Å². The number of rotatable bonds is 7. The summed E-state index contributed by atoms with van der Waals surface area (Å²) in [5.74, 6) is 0. The lowest BCUT2D eigenvalue weighted by Crippen LogP contribution is -2.15. The van der Waals surface area contributed by atoms with Gasteiger partial charge in [0.05, 0.1) is 12.3 Å². The maximum Gasteiger partial charge on any atom is 0.0719 e. The van der Waals surface area contributed by atoms with Crippen LogP contribution in [0.3, 0.4) is 0 Å². The fourth-order valence-corrected chi connectivity index (χ4v) is 2.24. The number of nitrogens with zero attached hydrogens (tertiary/aromatic N) is 1. The van der Waals surface area contributed by atoms with Crippen molar-refractivity contribution in [3.63, 3.8) is 0 Å². The first kappa shape index (κ1) is 14.8. The van der Waals surface area contributed by atoms with Crippen LogP contribution in [0.25, 0.3) is 0 Å². The van der Waals surface area contributed by atoms with Crippen LogP contribution >= 0.6 is 0 Å². The first-order valence-corrected chi connectivity index (χ1v) is 7.08. The maximum absolute atomic E-state index is 5.51. The number of aryl methyl sites for hydroxylation is 2. The summed E-state index contributed by atoms with van der Waals surface area (Å²) >= 11 is 0. The molecule has 0 aliphatic rings. The summed E-state index contributed by atoms with van der Waals surface area (Å²) in [7, 11) is 0. The number of ether oxygens (including phenoxy) is 1. The largest absolute Gasteiger partial charge is 0.377 e. The van der Waals surface area contributed by atoms with Gasteiger partial charge in [-0.05, 0) is 31.9 Å². The molecule has 0 aliphatic heterocycles. The standard InChI is InChI=1S/C16H23N3O/c1-4-20-11-15-8-6-5-7-14(15)9-17-10-16-12(2)18-19-13(16)3/h5-8,17H,4,9-11H2,1-3H3,(H,18,19). The third kappa shape index (κ3) is 3.68. The summed E-state index contributed by atoms with van der Waals surface area (Å²) in [6.07, 6.45) is 0. The van der Waals surface area contributed by atoms with E-state index in [0.717, 1.165) is 31.1 Å². The predicted octanol–water partition coefficient (Wildman–Crippen LogP) is 2.85. The molecule has 1 heterocycles. The van der Waals surface area contributed by atoms with Crippen LogP contribution in [0.2, 0.25) is 0 Å². The van der Waals surface area contributed by atoms with Crippen molar-refractivity contribution < 1.29 is 4.74 Å². The van der Waals surface area contributed by atoms with Crippen LogP contribution < -0.4 is 5.32 Å². The van der Waals surface area contributed by atoms with E-state index in [4.69, 9.17) is 4.74 Å². The molecule has 0 amide bonds. The molecule has 108 valence electrons. The lowest BCUT2D eigenvalue weighted by atomic mass is 10.1. The van der Waals surface area contributed by atoms with E-state index in [2.05, 4.69) is 46.7 Å². The van der Waals surface area contributed by atoms with Crippen LogP contribution in [0.4, 0.5) is 0 Å². The molecule has 4 heteroatoms. The maximum atomic E-state index is 5.51. The molecule has 1 aromatic carbocycles. The molecule has 0 aliphatic carbocycles. The first-order valence-electron chi connectivity index (χ1n) is 7.08. The van der Waals surface area contributed by atoms with E-state index in [-0.39, 0.29) is 0 Å². The van der Waals surface area contributed by atoms with Gasteiger partial charge in [0.25, 0.3) is 0 Å². The molecule has 0 radical (unpaired) electrons. The molecule has 0 atom stereocenters. The second kappa shape index (κ2) is 7.22. The minimum atomic E-state index is 0.679. The summed E-state index contributed by atoms with van der Waals surface area (Å²) < 4.78 is 5.51. The molecule has 0 saturated heterocycles. The van der Waals surface area contributed by atoms with Gasteiger partial charge in [-0.2, -0.15) is 5.10 Å². The number of aromatic amines is 1. The summed E-state index contributed by atoms with van der Waals surface area (Å²) in [4.78, 5) is 0. The van der Waals surface area contributed by atoms with Gasteiger partial charge in [0.15, 0.2) is 0 Å².